The molecule has 0 bridgehead atoms. The van der Waals surface area contributed by atoms with Crippen LogP contribution in [0.25, 0.3) is 0 Å². The van der Waals surface area contributed by atoms with Crippen molar-refractivity contribution in [2.75, 3.05) is 5.32 Å². The van der Waals surface area contributed by atoms with Crippen molar-refractivity contribution in [3.63, 3.8) is 0 Å². The second kappa shape index (κ2) is 9.54. The van der Waals surface area contributed by atoms with Gasteiger partial charge in [-0.3, -0.25) is 24.1 Å². The lowest BCUT2D eigenvalue weighted by molar-refractivity contribution is 0.0641. The number of hydrogen-bond acceptors (Lipinski definition) is 4. The molecule has 0 aromatic heterocycles. The molecule has 0 unspecified atom stereocenters. The molecule has 0 spiro atoms. The van der Waals surface area contributed by atoms with Crippen LogP contribution < -0.4 is 10.6 Å². The Morgan fingerprint density at radius 1 is 0.743 bits per heavy atom. The summed E-state index contributed by atoms with van der Waals surface area (Å²) in [5, 5.41) is 5.88. The largest absolute Gasteiger partial charge is 0.349 e. The Hall–Kier alpha value is -4.26. The molecule has 2 aliphatic rings. The van der Waals surface area contributed by atoms with Crippen molar-refractivity contribution in [1.82, 2.24) is 10.2 Å². The first-order chi connectivity index (χ1) is 17.0. The molecule has 0 atom stereocenters. The smallest absolute Gasteiger partial charge is 0.261 e. The molecule has 0 saturated heterocycles. The number of carbonyl (C=O) groups excluding carboxylic acids is 4. The first-order valence-corrected chi connectivity index (χ1v) is 11.8. The fourth-order valence-corrected chi connectivity index (χ4v) is 4.57. The minimum atomic E-state index is -0.312. The molecule has 1 saturated carbocycles. The van der Waals surface area contributed by atoms with Gasteiger partial charge in [0.1, 0.15) is 0 Å². The van der Waals surface area contributed by atoms with Crippen molar-refractivity contribution < 1.29 is 19.2 Å². The number of fused-ring (bicyclic) bond motifs is 1. The highest BCUT2D eigenvalue weighted by atomic mass is 16.2. The van der Waals surface area contributed by atoms with E-state index in [1.807, 2.05) is 0 Å². The van der Waals surface area contributed by atoms with Crippen molar-refractivity contribution in [2.45, 2.75) is 38.3 Å². The van der Waals surface area contributed by atoms with E-state index in [0.717, 1.165) is 31.2 Å². The molecular weight excluding hydrogens is 442 g/mol. The molecule has 2 N–H and O–H groups in total. The maximum atomic E-state index is 12.7. The molecular formula is C28H25N3O4. The molecule has 1 heterocycles. The Bertz CT molecular complexity index is 1260. The molecule has 7 nitrogen and oxygen atoms in total. The van der Waals surface area contributed by atoms with Crippen LogP contribution in [-0.4, -0.2) is 34.6 Å². The second-order valence-corrected chi connectivity index (χ2v) is 8.93. The highest BCUT2D eigenvalue weighted by Gasteiger charge is 2.34. The van der Waals surface area contributed by atoms with Crippen molar-refractivity contribution in [3.8, 4) is 0 Å². The van der Waals surface area contributed by atoms with Crippen molar-refractivity contribution in [3.05, 3.63) is 101 Å². The third-order valence-corrected chi connectivity index (χ3v) is 6.53. The van der Waals surface area contributed by atoms with Crippen LogP contribution in [0.15, 0.2) is 72.8 Å². The van der Waals surface area contributed by atoms with E-state index in [0.29, 0.717) is 27.9 Å². The Balaban J connectivity index is 1.18. The number of nitrogens with zero attached hydrogens (tertiary/aromatic N) is 1. The van der Waals surface area contributed by atoms with Crippen LogP contribution in [-0.2, 0) is 6.54 Å². The number of carbonyl (C=O) groups is 4. The minimum Gasteiger partial charge on any atom is -0.349 e. The summed E-state index contributed by atoms with van der Waals surface area (Å²) in [5.41, 5.74) is 3.16. The summed E-state index contributed by atoms with van der Waals surface area (Å²) in [7, 11) is 0. The maximum absolute atomic E-state index is 12.7. The van der Waals surface area contributed by atoms with Gasteiger partial charge in [0.15, 0.2) is 0 Å². The van der Waals surface area contributed by atoms with E-state index >= 15 is 0 Å². The normalized spacial score (nSPS) is 15.3. The lowest BCUT2D eigenvalue weighted by Crippen LogP contribution is -2.32. The second-order valence-electron chi connectivity index (χ2n) is 8.93. The number of anilines is 1. The molecule has 1 fully saturated rings. The summed E-state index contributed by atoms with van der Waals surface area (Å²) < 4.78 is 0. The standard InChI is InChI=1S/C28H25N3O4/c32-25(30-22-15-13-20(14-16-22)26(33)29-21-5-1-2-6-21)19-11-9-18(10-12-19)17-31-27(34)23-7-3-4-8-24(23)28(31)35/h3-4,7-16,21H,1-2,5-6,17H2,(H,29,33)(H,30,32). The minimum absolute atomic E-state index is 0.0940. The van der Waals surface area contributed by atoms with Gasteiger partial charge in [-0.2, -0.15) is 0 Å². The fourth-order valence-electron chi connectivity index (χ4n) is 4.57. The molecule has 3 aromatic rings. The zero-order valence-electron chi connectivity index (χ0n) is 19.1. The molecule has 1 aliphatic heterocycles. The highest BCUT2D eigenvalue weighted by Crippen LogP contribution is 2.24. The van der Waals surface area contributed by atoms with Gasteiger partial charge < -0.3 is 10.6 Å². The van der Waals surface area contributed by atoms with E-state index in [9.17, 15) is 19.2 Å². The van der Waals surface area contributed by atoms with Gasteiger partial charge in [0.2, 0.25) is 0 Å². The highest BCUT2D eigenvalue weighted by molar-refractivity contribution is 6.21. The van der Waals surface area contributed by atoms with Gasteiger partial charge >= 0.3 is 0 Å². The molecule has 7 heteroatoms. The number of benzene rings is 3. The Kier molecular flexibility index (Phi) is 6.14. The summed E-state index contributed by atoms with van der Waals surface area (Å²) >= 11 is 0. The van der Waals surface area contributed by atoms with Crippen LogP contribution in [0.1, 0.15) is 72.7 Å². The molecule has 35 heavy (non-hydrogen) atoms. The van der Waals surface area contributed by atoms with Gasteiger partial charge in [-0.1, -0.05) is 37.1 Å². The van der Waals surface area contributed by atoms with E-state index in [1.165, 1.54) is 4.90 Å². The van der Waals surface area contributed by atoms with Crippen LogP contribution >= 0.6 is 0 Å². The number of amides is 4. The number of rotatable bonds is 6. The van der Waals surface area contributed by atoms with Gasteiger partial charge in [0.25, 0.3) is 23.6 Å². The van der Waals surface area contributed by atoms with Crippen LogP contribution in [0.3, 0.4) is 0 Å². The van der Waals surface area contributed by atoms with Crippen molar-refractivity contribution in [2.24, 2.45) is 0 Å². The quantitative estimate of drug-likeness (QED) is 0.525. The van der Waals surface area contributed by atoms with Crippen LogP contribution in [0.2, 0.25) is 0 Å². The summed E-state index contributed by atoms with van der Waals surface area (Å²) in [6.45, 7) is 0.138. The number of hydrogen-bond donors (Lipinski definition) is 2. The molecule has 5 rings (SSSR count). The third-order valence-electron chi connectivity index (χ3n) is 6.53. The summed E-state index contributed by atoms with van der Waals surface area (Å²) in [6, 6.07) is 20.6. The third kappa shape index (κ3) is 4.71. The van der Waals surface area contributed by atoms with E-state index in [-0.39, 0.29) is 36.2 Å². The zero-order chi connectivity index (χ0) is 24.4. The van der Waals surface area contributed by atoms with Gasteiger partial charge in [0, 0.05) is 22.9 Å². The lowest BCUT2D eigenvalue weighted by Gasteiger charge is -2.14. The lowest BCUT2D eigenvalue weighted by atomic mass is 10.1. The number of nitrogens with one attached hydrogen (secondary N) is 2. The molecule has 3 aromatic carbocycles. The monoisotopic (exact) mass is 467 g/mol. The first kappa shape index (κ1) is 22.5. The average Bonchev–Trinajstić information content (AvgIpc) is 3.47. The predicted octanol–water partition coefficient (Wildman–Crippen LogP) is 4.41. The van der Waals surface area contributed by atoms with Gasteiger partial charge in [-0.15, -0.1) is 0 Å². The average molecular weight is 468 g/mol. The summed E-state index contributed by atoms with van der Waals surface area (Å²) in [4.78, 5) is 51.4. The molecule has 1 aliphatic carbocycles. The Morgan fingerprint density at radius 2 is 1.29 bits per heavy atom. The van der Waals surface area contributed by atoms with Gasteiger partial charge in [-0.25, -0.2) is 0 Å². The Morgan fingerprint density at radius 3 is 1.89 bits per heavy atom. The summed E-state index contributed by atoms with van der Waals surface area (Å²) in [5.74, 6) is -1.01. The van der Waals surface area contributed by atoms with E-state index in [2.05, 4.69) is 10.6 Å². The maximum Gasteiger partial charge on any atom is 0.261 e. The van der Waals surface area contributed by atoms with E-state index in [1.54, 1.807) is 72.8 Å². The fraction of sp³-hybridized carbons (Fsp3) is 0.214. The SMILES string of the molecule is O=C(Nc1ccc(C(=O)NC2CCCC2)cc1)c1ccc(CN2C(=O)c3ccccc3C2=O)cc1. The van der Waals surface area contributed by atoms with Crippen molar-refractivity contribution >= 4 is 29.3 Å². The van der Waals surface area contributed by atoms with E-state index in [4.69, 9.17) is 0 Å². The van der Waals surface area contributed by atoms with Gasteiger partial charge in [-0.05, 0) is 66.9 Å². The van der Waals surface area contributed by atoms with E-state index < -0.39 is 0 Å². The van der Waals surface area contributed by atoms with Crippen molar-refractivity contribution in [1.29, 1.82) is 0 Å². The Labute approximate surface area is 203 Å². The topological polar surface area (TPSA) is 95.6 Å². The molecule has 176 valence electrons. The molecule has 4 amide bonds. The summed E-state index contributed by atoms with van der Waals surface area (Å²) in [6.07, 6.45) is 4.35. The van der Waals surface area contributed by atoms with Crippen LogP contribution in [0, 0.1) is 0 Å². The van der Waals surface area contributed by atoms with Crippen LogP contribution in [0.5, 0.6) is 0 Å². The zero-order valence-corrected chi connectivity index (χ0v) is 19.1. The van der Waals surface area contributed by atoms with Gasteiger partial charge in [0.05, 0.1) is 17.7 Å². The molecule has 0 radical (unpaired) electrons. The number of imide groups is 1. The first-order valence-electron chi connectivity index (χ1n) is 11.8. The predicted molar refractivity (Wildman–Crippen MR) is 131 cm³/mol. The van der Waals surface area contributed by atoms with Crippen LogP contribution in [0.4, 0.5) is 5.69 Å².